The maximum Gasteiger partial charge on any atom is 0.253 e. The summed E-state index contributed by atoms with van der Waals surface area (Å²) in [5.74, 6) is 0.152. The molecule has 5 nitrogen and oxygen atoms in total. The van der Waals surface area contributed by atoms with Crippen LogP contribution in [0.3, 0.4) is 0 Å². The van der Waals surface area contributed by atoms with Crippen LogP contribution >= 0.6 is 0 Å². The zero-order valence-electron chi connectivity index (χ0n) is 14.2. The van der Waals surface area contributed by atoms with E-state index in [9.17, 15) is 4.79 Å². The number of piperidine rings is 1. The highest BCUT2D eigenvalue weighted by atomic mass is 16.2. The summed E-state index contributed by atoms with van der Waals surface area (Å²) in [6.45, 7) is 6.01. The van der Waals surface area contributed by atoms with Gasteiger partial charge in [-0.25, -0.2) is 4.68 Å². The lowest BCUT2D eigenvalue weighted by atomic mass is 9.78. The lowest BCUT2D eigenvalue weighted by molar-refractivity contribution is 0.0607. The number of nitrogens with zero attached hydrogens (tertiary/aromatic N) is 3. The van der Waals surface area contributed by atoms with Crippen molar-refractivity contribution in [1.29, 1.82) is 0 Å². The fourth-order valence-corrected chi connectivity index (χ4v) is 3.90. The molecule has 1 aromatic carbocycles. The predicted molar refractivity (Wildman–Crippen MR) is 93.4 cm³/mol. The quantitative estimate of drug-likeness (QED) is 0.923. The van der Waals surface area contributed by atoms with Crippen molar-refractivity contribution >= 4 is 5.91 Å². The Hall–Kier alpha value is -2.14. The minimum Gasteiger partial charge on any atom is -0.339 e. The smallest absolute Gasteiger partial charge is 0.253 e. The number of nitrogens with one attached hydrogen (secondary N) is 1. The Balaban J connectivity index is 1.43. The first kappa shape index (κ1) is 15.4. The molecule has 0 saturated carbocycles. The van der Waals surface area contributed by atoms with Crippen molar-refractivity contribution in [1.82, 2.24) is 20.0 Å². The van der Waals surface area contributed by atoms with Crippen LogP contribution in [0.15, 0.2) is 36.7 Å². The number of likely N-dealkylation sites (tertiary alicyclic amines) is 1. The van der Waals surface area contributed by atoms with Crippen LogP contribution in [-0.4, -0.2) is 46.8 Å². The zero-order valence-corrected chi connectivity index (χ0v) is 14.2. The van der Waals surface area contributed by atoms with E-state index in [1.807, 2.05) is 53.2 Å². The fraction of sp³-hybridized carbons (Fsp3) is 0.474. The Bertz CT molecular complexity index is 718. The van der Waals surface area contributed by atoms with Gasteiger partial charge in [-0.3, -0.25) is 4.79 Å². The summed E-state index contributed by atoms with van der Waals surface area (Å²) < 4.78 is 1.83. The fourth-order valence-electron chi connectivity index (χ4n) is 3.90. The number of amides is 1. The molecule has 2 aliphatic heterocycles. The third-order valence-corrected chi connectivity index (χ3v) is 5.53. The summed E-state index contributed by atoms with van der Waals surface area (Å²) in [7, 11) is 0. The first-order valence-corrected chi connectivity index (χ1v) is 8.77. The van der Waals surface area contributed by atoms with Crippen LogP contribution in [0.1, 0.15) is 35.2 Å². The number of aryl methyl sites for hydroxylation is 1. The van der Waals surface area contributed by atoms with Crippen molar-refractivity contribution in [3.05, 3.63) is 47.8 Å². The van der Waals surface area contributed by atoms with E-state index in [1.54, 1.807) is 0 Å². The Labute approximate surface area is 142 Å². The van der Waals surface area contributed by atoms with Gasteiger partial charge in [0, 0.05) is 31.4 Å². The topological polar surface area (TPSA) is 50.2 Å². The second kappa shape index (κ2) is 6.06. The zero-order chi connectivity index (χ0) is 16.6. The van der Waals surface area contributed by atoms with Crippen molar-refractivity contribution in [3.8, 4) is 5.69 Å². The van der Waals surface area contributed by atoms with Crippen LogP contribution in [0.4, 0.5) is 0 Å². The molecule has 126 valence electrons. The summed E-state index contributed by atoms with van der Waals surface area (Å²) in [5, 5.41) is 7.78. The molecular formula is C19H24N4O. The molecule has 0 atom stereocenters. The highest BCUT2D eigenvalue weighted by Crippen LogP contribution is 2.37. The lowest BCUT2D eigenvalue weighted by Gasteiger charge is -2.38. The molecule has 0 aliphatic carbocycles. The minimum absolute atomic E-state index is 0.152. The number of aromatic nitrogens is 2. The van der Waals surface area contributed by atoms with Crippen LogP contribution in [0.2, 0.25) is 0 Å². The number of carbonyl (C=O) groups excluding carboxylic acids is 1. The summed E-state index contributed by atoms with van der Waals surface area (Å²) in [6.07, 6.45) is 7.32. The second-order valence-electron chi connectivity index (χ2n) is 7.23. The molecule has 0 unspecified atom stereocenters. The van der Waals surface area contributed by atoms with E-state index in [1.165, 1.54) is 6.42 Å². The summed E-state index contributed by atoms with van der Waals surface area (Å²) in [4.78, 5) is 14.8. The highest BCUT2D eigenvalue weighted by Gasteiger charge is 2.38. The van der Waals surface area contributed by atoms with Gasteiger partial charge in [0.15, 0.2) is 0 Å². The molecule has 1 N–H and O–H groups in total. The molecule has 1 aromatic heterocycles. The van der Waals surface area contributed by atoms with E-state index in [2.05, 4.69) is 10.4 Å². The van der Waals surface area contributed by atoms with Crippen molar-refractivity contribution in [2.24, 2.45) is 5.41 Å². The van der Waals surface area contributed by atoms with Gasteiger partial charge in [0.25, 0.3) is 5.91 Å². The molecule has 5 heteroatoms. The Kier molecular flexibility index (Phi) is 3.88. The van der Waals surface area contributed by atoms with E-state index in [0.29, 0.717) is 5.41 Å². The van der Waals surface area contributed by atoms with E-state index < -0.39 is 0 Å². The van der Waals surface area contributed by atoms with Crippen LogP contribution in [0.5, 0.6) is 0 Å². The van der Waals surface area contributed by atoms with Gasteiger partial charge in [0.1, 0.15) is 0 Å². The van der Waals surface area contributed by atoms with E-state index in [-0.39, 0.29) is 5.91 Å². The molecule has 0 bridgehead atoms. The average molecular weight is 324 g/mol. The summed E-state index contributed by atoms with van der Waals surface area (Å²) >= 11 is 0. The number of carbonyl (C=O) groups is 1. The molecule has 2 fully saturated rings. The highest BCUT2D eigenvalue weighted by molar-refractivity contribution is 5.94. The SMILES string of the molecule is Cc1cnn(-c2ccc(C(=O)N3CCC4(CCNC4)CC3)cc2)c1. The Morgan fingerprint density at radius 2 is 1.92 bits per heavy atom. The maximum absolute atomic E-state index is 12.7. The average Bonchev–Trinajstić information content (AvgIpc) is 3.25. The van der Waals surface area contributed by atoms with Crippen molar-refractivity contribution in [2.45, 2.75) is 26.2 Å². The lowest BCUT2D eigenvalue weighted by Crippen LogP contribution is -2.44. The molecule has 0 radical (unpaired) electrons. The number of benzene rings is 1. The molecular weight excluding hydrogens is 300 g/mol. The van der Waals surface area contributed by atoms with Crippen LogP contribution in [0, 0.1) is 12.3 Å². The molecule has 2 saturated heterocycles. The normalized spacial score (nSPS) is 19.8. The molecule has 1 amide bonds. The van der Waals surface area contributed by atoms with Crippen LogP contribution in [-0.2, 0) is 0 Å². The number of hydrogen-bond acceptors (Lipinski definition) is 3. The van der Waals surface area contributed by atoms with E-state index >= 15 is 0 Å². The molecule has 2 aliphatic rings. The van der Waals surface area contributed by atoms with Gasteiger partial charge >= 0.3 is 0 Å². The first-order chi connectivity index (χ1) is 11.7. The van der Waals surface area contributed by atoms with E-state index in [0.717, 1.165) is 55.8 Å². The molecule has 2 aromatic rings. The number of rotatable bonds is 2. The Morgan fingerprint density at radius 3 is 2.50 bits per heavy atom. The molecule has 24 heavy (non-hydrogen) atoms. The van der Waals surface area contributed by atoms with Gasteiger partial charge in [-0.05, 0) is 68.0 Å². The summed E-state index contributed by atoms with van der Waals surface area (Å²) in [5.41, 5.74) is 3.31. The van der Waals surface area contributed by atoms with Crippen LogP contribution in [0.25, 0.3) is 5.69 Å². The van der Waals surface area contributed by atoms with Crippen LogP contribution < -0.4 is 5.32 Å². The Morgan fingerprint density at radius 1 is 1.17 bits per heavy atom. The van der Waals surface area contributed by atoms with Crippen molar-refractivity contribution in [3.63, 3.8) is 0 Å². The monoisotopic (exact) mass is 324 g/mol. The molecule has 1 spiro atoms. The van der Waals surface area contributed by atoms with Crippen molar-refractivity contribution in [2.75, 3.05) is 26.2 Å². The third kappa shape index (κ3) is 2.84. The molecule has 3 heterocycles. The standard InChI is InChI=1S/C19H24N4O/c1-15-12-21-23(13-15)17-4-2-16(3-5-17)18(24)22-10-7-19(8-11-22)6-9-20-14-19/h2-5,12-13,20H,6-11,14H2,1H3. The van der Waals surface area contributed by atoms with Gasteiger partial charge in [0.2, 0.25) is 0 Å². The molecule has 4 rings (SSSR count). The third-order valence-electron chi connectivity index (χ3n) is 5.53. The van der Waals surface area contributed by atoms with E-state index in [4.69, 9.17) is 0 Å². The van der Waals surface area contributed by atoms with Gasteiger partial charge in [-0.15, -0.1) is 0 Å². The number of hydrogen-bond donors (Lipinski definition) is 1. The summed E-state index contributed by atoms with van der Waals surface area (Å²) in [6, 6.07) is 7.75. The predicted octanol–water partition coefficient (Wildman–Crippen LogP) is 2.40. The maximum atomic E-state index is 12.7. The van der Waals surface area contributed by atoms with Gasteiger partial charge in [-0.2, -0.15) is 5.10 Å². The van der Waals surface area contributed by atoms with Gasteiger partial charge < -0.3 is 10.2 Å². The minimum atomic E-state index is 0.152. The van der Waals surface area contributed by atoms with Gasteiger partial charge in [0.05, 0.1) is 11.9 Å². The second-order valence-corrected chi connectivity index (χ2v) is 7.23. The largest absolute Gasteiger partial charge is 0.339 e. The van der Waals surface area contributed by atoms with Crippen molar-refractivity contribution < 1.29 is 4.79 Å². The first-order valence-electron chi connectivity index (χ1n) is 8.77. The van der Waals surface area contributed by atoms with Gasteiger partial charge in [-0.1, -0.05) is 0 Å².